The molecule has 23 heavy (non-hydrogen) atoms. The fraction of sp³-hybridized carbons (Fsp3) is 0.0667. The molecule has 5 nitrogen and oxygen atoms in total. The van der Waals surface area contributed by atoms with E-state index in [4.69, 9.17) is 23.8 Å². The Kier molecular flexibility index (Phi) is 4.51. The number of hydrogen-bond acceptors (Lipinski definition) is 5. The molecule has 1 heterocycles. The number of carbonyl (C=O) groups excluding carboxylic acids is 1. The first-order chi connectivity index (χ1) is 11.0. The lowest BCUT2D eigenvalue weighted by Crippen LogP contribution is -2.34. The number of carbonyl (C=O) groups is 1. The smallest absolute Gasteiger partial charge is 0.257 e. The van der Waals surface area contributed by atoms with Crippen LogP contribution >= 0.6 is 35.5 Å². The van der Waals surface area contributed by atoms with Crippen molar-refractivity contribution in [3.63, 3.8) is 0 Å². The number of nitrogens with one attached hydrogen (secondary N) is 2. The Morgan fingerprint density at radius 2 is 1.96 bits per heavy atom. The Balaban J connectivity index is 1.71. The molecule has 0 radical (unpaired) electrons. The first-order valence-corrected chi connectivity index (χ1v) is 8.15. The van der Waals surface area contributed by atoms with Crippen molar-refractivity contribution in [2.45, 2.75) is 6.92 Å². The van der Waals surface area contributed by atoms with E-state index in [1.54, 1.807) is 30.3 Å². The van der Waals surface area contributed by atoms with Gasteiger partial charge in [-0.3, -0.25) is 10.1 Å². The van der Waals surface area contributed by atoms with Crippen LogP contribution in [0.2, 0.25) is 5.02 Å². The van der Waals surface area contributed by atoms with E-state index in [-0.39, 0.29) is 11.0 Å². The topological polar surface area (TPSA) is 66.9 Å². The van der Waals surface area contributed by atoms with Crippen LogP contribution in [0.25, 0.3) is 11.0 Å². The fourth-order valence-electron chi connectivity index (χ4n) is 1.98. The number of nitrogens with zero attached hydrogens (tertiary/aromatic N) is 2. The van der Waals surface area contributed by atoms with Crippen LogP contribution in [0.15, 0.2) is 36.4 Å². The van der Waals surface area contributed by atoms with E-state index < -0.39 is 0 Å². The number of anilines is 1. The molecular formula is C15H11ClN4OS2. The molecular weight excluding hydrogens is 352 g/mol. The zero-order valence-electron chi connectivity index (χ0n) is 12.0. The first-order valence-electron chi connectivity index (χ1n) is 6.64. The van der Waals surface area contributed by atoms with Crippen molar-refractivity contribution in [3.8, 4) is 0 Å². The standard InChI is InChI=1S/C15H11ClN4OS2/c1-8-2-4-10(16)7-12(8)17-15(22)18-14(21)9-3-5-11-13(6-9)20-23-19-11/h2-7H,1H3,(H2,17,18,21,22). The van der Waals surface area contributed by atoms with Crippen LogP contribution < -0.4 is 10.6 Å². The summed E-state index contributed by atoms with van der Waals surface area (Å²) in [5.41, 5.74) is 3.65. The maximum Gasteiger partial charge on any atom is 0.257 e. The van der Waals surface area contributed by atoms with Gasteiger partial charge >= 0.3 is 0 Å². The molecule has 3 rings (SSSR count). The maximum absolute atomic E-state index is 12.3. The van der Waals surface area contributed by atoms with E-state index in [0.29, 0.717) is 16.1 Å². The van der Waals surface area contributed by atoms with Crippen LogP contribution in [0.3, 0.4) is 0 Å². The zero-order valence-corrected chi connectivity index (χ0v) is 14.4. The van der Waals surface area contributed by atoms with Gasteiger partial charge in [-0.1, -0.05) is 17.7 Å². The Labute approximate surface area is 147 Å². The number of rotatable bonds is 2. The summed E-state index contributed by atoms with van der Waals surface area (Å²) in [5.74, 6) is -0.308. The highest BCUT2D eigenvalue weighted by atomic mass is 35.5. The molecule has 0 unspecified atom stereocenters. The lowest BCUT2D eigenvalue weighted by Gasteiger charge is -2.12. The van der Waals surface area contributed by atoms with Crippen LogP contribution in [-0.2, 0) is 0 Å². The average molecular weight is 363 g/mol. The highest BCUT2D eigenvalue weighted by molar-refractivity contribution is 7.80. The minimum atomic E-state index is -0.308. The molecule has 1 amide bonds. The van der Waals surface area contributed by atoms with E-state index in [1.807, 2.05) is 13.0 Å². The molecule has 0 bridgehead atoms. The van der Waals surface area contributed by atoms with Crippen LogP contribution in [0.4, 0.5) is 5.69 Å². The number of amides is 1. The van der Waals surface area contributed by atoms with Gasteiger partial charge in [0.15, 0.2) is 5.11 Å². The number of thiocarbonyl (C=S) groups is 1. The van der Waals surface area contributed by atoms with Crippen LogP contribution in [0.5, 0.6) is 0 Å². The monoisotopic (exact) mass is 362 g/mol. The molecule has 0 atom stereocenters. The van der Waals surface area contributed by atoms with Crippen molar-refractivity contribution in [2.24, 2.45) is 0 Å². The van der Waals surface area contributed by atoms with Crippen molar-refractivity contribution >= 4 is 63.3 Å². The van der Waals surface area contributed by atoms with E-state index in [2.05, 4.69) is 19.4 Å². The van der Waals surface area contributed by atoms with Crippen molar-refractivity contribution in [3.05, 3.63) is 52.5 Å². The van der Waals surface area contributed by atoms with Gasteiger partial charge in [0.1, 0.15) is 11.0 Å². The number of fused-ring (bicyclic) bond motifs is 1. The summed E-state index contributed by atoms with van der Waals surface area (Å²) in [7, 11) is 0. The van der Waals surface area contributed by atoms with E-state index >= 15 is 0 Å². The molecule has 1 aromatic heterocycles. The number of halogens is 1. The van der Waals surface area contributed by atoms with E-state index in [9.17, 15) is 4.79 Å². The molecule has 0 aliphatic heterocycles. The molecule has 0 aliphatic rings. The fourth-order valence-corrected chi connectivity index (χ4v) is 2.87. The molecule has 116 valence electrons. The Morgan fingerprint density at radius 1 is 1.17 bits per heavy atom. The van der Waals surface area contributed by atoms with Gasteiger partial charge < -0.3 is 5.32 Å². The summed E-state index contributed by atoms with van der Waals surface area (Å²) >= 11 is 12.3. The lowest BCUT2D eigenvalue weighted by molar-refractivity contribution is 0.0978. The minimum absolute atomic E-state index is 0.205. The predicted molar refractivity (Wildman–Crippen MR) is 97.3 cm³/mol. The van der Waals surface area contributed by atoms with Gasteiger partial charge in [-0.25, -0.2) is 0 Å². The highest BCUT2D eigenvalue weighted by Crippen LogP contribution is 2.20. The molecule has 0 fully saturated rings. The second-order valence-electron chi connectivity index (χ2n) is 4.84. The molecule has 0 spiro atoms. The maximum atomic E-state index is 12.3. The summed E-state index contributed by atoms with van der Waals surface area (Å²) in [6, 6.07) is 10.5. The van der Waals surface area contributed by atoms with Crippen LogP contribution in [0.1, 0.15) is 15.9 Å². The summed E-state index contributed by atoms with van der Waals surface area (Å²) in [6.45, 7) is 1.92. The third-order valence-corrected chi connectivity index (χ3v) is 4.19. The molecule has 0 saturated carbocycles. The number of aromatic nitrogens is 2. The predicted octanol–water partition coefficient (Wildman–Crippen LogP) is 3.78. The summed E-state index contributed by atoms with van der Waals surface area (Å²) in [5, 5.41) is 6.41. The van der Waals surface area contributed by atoms with Crippen molar-refractivity contribution in [1.82, 2.24) is 14.1 Å². The van der Waals surface area contributed by atoms with Crippen LogP contribution in [0, 0.1) is 6.92 Å². The summed E-state index contributed by atoms with van der Waals surface area (Å²) in [6.07, 6.45) is 0. The van der Waals surface area contributed by atoms with E-state index in [1.165, 1.54) is 0 Å². The molecule has 2 N–H and O–H groups in total. The Morgan fingerprint density at radius 3 is 2.78 bits per heavy atom. The zero-order chi connectivity index (χ0) is 16.4. The molecule has 0 saturated heterocycles. The molecule has 2 aromatic carbocycles. The Bertz CT molecular complexity index is 909. The molecule has 8 heteroatoms. The SMILES string of the molecule is Cc1ccc(Cl)cc1NC(=S)NC(=O)c1ccc2nsnc2c1. The second-order valence-corrected chi connectivity index (χ2v) is 6.21. The number of benzene rings is 2. The highest BCUT2D eigenvalue weighted by Gasteiger charge is 2.11. The van der Waals surface area contributed by atoms with Crippen molar-refractivity contribution < 1.29 is 4.79 Å². The number of aryl methyl sites for hydroxylation is 1. The third kappa shape index (κ3) is 3.64. The van der Waals surface area contributed by atoms with Gasteiger partial charge in [-0.15, -0.1) is 0 Å². The van der Waals surface area contributed by atoms with Crippen molar-refractivity contribution in [1.29, 1.82) is 0 Å². The van der Waals surface area contributed by atoms with E-state index in [0.717, 1.165) is 28.5 Å². The normalized spacial score (nSPS) is 10.5. The van der Waals surface area contributed by atoms with Gasteiger partial charge in [0.05, 0.1) is 11.7 Å². The van der Waals surface area contributed by atoms with Crippen molar-refractivity contribution in [2.75, 3.05) is 5.32 Å². The largest absolute Gasteiger partial charge is 0.332 e. The van der Waals surface area contributed by atoms with Crippen LogP contribution in [-0.4, -0.2) is 19.8 Å². The van der Waals surface area contributed by atoms with Gasteiger partial charge in [-0.2, -0.15) is 8.75 Å². The lowest BCUT2D eigenvalue weighted by atomic mass is 10.2. The van der Waals surface area contributed by atoms with Gasteiger partial charge in [0, 0.05) is 16.3 Å². The summed E-state index contributed by atoms with van der Waals surface area (Å²) in [4.78, 5) is 12.3. The Hall–Kier alpha value is -2.09. The number of hydrogen-bond donors (Lipinski definition) is 2. The summed E-state index contributed by atoms with van der Waals surface area (Å²) < 4.78 is 8.22. The second kappa shape index (κ2) is 6.57. The third-order valence-electron chi connectivity index (χ3n) is 3.19. The molecule has 3 aromatic rings. The minimum Gasteiger partial charge on any atom is -0.332 e. The van der Waals surface area contributed by atoms with Gasteiger partial charge in [0.2, 0.25) is 0 Å². The first kappa shape index (κ1) is 15.8. The average Bonchev–Trinajstić information content (AvgIpc) is 2.98. The van der Waals surface area contributed by atoms with Gasteiger partial charge in [0.25, 0.3) is 5.91 Å². The molecule has 0 aliphatic carbocycles. The quantitative estimate of drug-likeness (QED) is 0.679. The van der Waals surface area contributed by atoms with Gasteiger partial charge in [-0.05, 0) is 55.0 Å².